The summed E-state index contributed by atoms with van der Waals surface area (Å²) in [6, 6.07) is 8.72. The van der Waals surface area contributed by atoms with Gasteiger partial charge in [-0.05, 0) is 6.42 Å². The van der Waals surface area contributed by atoms with Crippen LogP contribution >= 0.6 is 0 Å². The van der Waals surface area contributed by atoms with Crippen LogP contribution in [0.2, 0.25) is 0 Å². The number of alkyl halides is 3. The average Bonchev–Trinajstić information content (AvgIpc) is 2.84. The van der Waals surface area contributed by atoms with E-state index in [1.54, 1.807) is 30.3 Å². The molecule has 1 heterocycles. The monoisotopic (exact) mass is 298 g/mol. The molecule has 1 aromatic carbocycles. The Labute approximate surface area is 121 Å². The lowest BCUT2D eigenvalue weighted by Gasteiger charge is -2.11. The molecule has 0 radical (unpaired) electrons. The molecule has 114 valence electrons. The number of benzene rings is 1. The fraction of sp³-hybridized carbons (Fsp3) is 0.400. The van der Waals surface area contributed by atoms with Crippen molar-refractivity contribution in [2.24, 2.45) is 0 Å². The second-order valence-electron chi connectivity index (χ2n) is 4.76. The van der Waals surface area contributed by atoms with Crippen molar-refractivity contribution in [3.63, 3.8) is 0 Å². The van der Waals surface area contributed by atoms with Gasteiger partial charge in [0.2, 0.25) is 0 Å². The maximum Gasteiger partial charge on any atom is 0.435 e. The summed E-state index contributed by atoms with van der Waals surface area (Å²) in [6.07, 6.45) is -3.00. The van der Waals surface area contributed by atoms with E-state index >= 15 is 0 Å². The summed E-state index contributed by atoms with van der Waals surface area (Å²) in [7, 11) is 0. The van der Waals surface area contributed by atoms with Crippen molar-refractivity contribution >= 4 is 0 Å². The fourth-order valence-electron chi connectivity index (χ4n) is 2.24. The van der Waals surface area contributed by atoms with Gasteiger partial charge in [0.1, 0.15) is 5.82 Å². The molecule has 0 aliphatic rings. The summed E-state index contributed by atoms with van der Waals surface area (Å²) in [5.41, 5.74) is -0.562. The van der Waals surface area contributed by atoms with Crippen LogP contribution in [0.15, 0.2) is 30.3 Å². The number of unbranched alkanes of at least 4 members (excludes halogenated alkanes) is 1. The predicted molar refractivity (Wildman–Crippen MR) is 73.5 cm³/mol. The average molecular weight is 298 g/mol. The molecule has 0 atom stereocenters. The van der Waals surface area contributed by atoms with Crippen LogP contribution in [-0.4, -0.2) is 14.7 Å². The van der Waals surface area contributed by atoms with E-state index in [0.717, 1.165) is 12.8 Å². The highest BCUT2D eigenvalue weighted by Gasteiger charge is 2.38. The zero-order valence-electron chi connectivity index (χ0n) is 11.7. The molecular formula is C15H17F3N2O. The first-order valence-corrected chi connectivity index (χ1v) is 6.82. The van der Waals surface area contributed by atoms with Gasteiger partial charge in [-0.25, -0.2) is 4.98 Å². The van der Waals surface area contributed by atoms with Crippen molar-refractivity contribution in [1.82, 2.24) is 9.55 Å². The van der Waals surface area contributed by atoms with Crippen LogP contribution in [-0.2, 0) is 19.3 Å². The Morgan fingerprint density at radius 2 is 1.86 bits per heavy atom. The molecule has 6 heteroatoms. The minimum atomic E-state index is -4.57. The summed E-state index contributed by atoms with van der Waals surface area (Å²) >= 11 is 0. The molecule has 1 aromatic heterocycles. The van der Waals surface area contributed by atoms with Gasteiger partial charge in [-0.2, -0.15) is 13.2 Å². The Bertz CT molecular complexity index is 591. The molecule has 0 aliphatic carbocycles. The fourth-order valence-corrected chi connectivity index (χ4v) is 2.24. The maximum atomic E-state index is 13.1. The zero-order chi connectivity index (χ0) is 15.5. The molecule has 0 saturated heterocycles. The normalized spacial score (nSPS) is 11.9. The molecule has 21 heavy (non-hydrogen) atoms. The molecule has 0 amide bonds. The summed E-state index contributed by atoms with van der Waals surface area (Å²) in [6.45, 7) is 1.68. The molecule has 0 spiro atoms. The van der Waals surface area contributed by atoms with Crippen LogP contribution < -0.4 is 0 Å². The molecule has 0 aliphatic heterocycles. The summed E-state index contributed by atoms with van der Waals surface area (Å²) in [5.74, 6) is 0.250. The lowest BCUT2D eigenvalue weighted by molar-refractivity contribution is -0.142. The van der Waals surface area contributed by atoms with Gasteiger partial charge >= 0.3 is 6.18 Å². The molecule has 1 N–H and O–H groups in total. The van der Waals surface area contributed by atoms with Crippen LogP contribution in [0.4, 0.5) is 13.2 Å². The SMILES string of the molecule is CCCCn1c(-c2ccccc2)nc(C(F)(F)F)c1CO. The molecule has 0 fully saturated rings. The van der Waals surface area contributed by atoms with Crippen molar-refractivity contribution in [3.05, 3.63) is 41.7 Å². The maximum absolute atomic E-state index is 13.1. The molecular weight excluding hydrogens is 281 g/mol. The molecule has 0 saturated carbocycles. The van der Waals surface area contributed by atoms with E-state index in [4.69, 9.17) is 0 Å². The highest BCUT2D eigenvalue weighted by Crippen LogP contribution is 2.34. The lowest BCUT2D eigenvalue weighted by Crippen LogP contribution is -2.12. The Morgan fingerprint density at radius 1 is 1.19 bits per heavy atom. The van der Waals surface area contributed by atoms with Crippen molar-refractivity contribution in [2.45, 2.75) is 39.1 Å². The number of rotatable bonds is 5. The first-order chi connectivity index (χ1) is 9.99. The van der Waals surface area contributed by atoms with Crippen LogP contribution in [0.3, 0.4) is 0 Å². The first kappa shape index (κ1) is 15.6. The number of hydrogen-bond acceptors (Lipinski definition) is 2. The number of aliphatic hydroxyl groups excluding tert-OH is 1. The van der Waals surface area contributed by atoms with Crippen molar-refractivity contribution in [1.29, 1.82) is 0 Å². The largest absolute Gasteiger partial charge is 0.435 e. The summed E-state index contributed by atoms with van der Waals surface area (Å²) in [5, 5.41) is 9.36. The van der Waals surface area contributed by atoms with Crippen LogP contribution in [0.25, 0.3) is 11.4 Å². The van der Waals surface area contributed by atoms with E-state index in [9.17, 15) is 18.3 Å². The Balaban J connectivity index is 2.60. The van der Waals surface area contributed by atoms with E-state index in [1.807, 2.05) is 6.92 Å². The Hall–Kier alpha value is -1.82. The van der Waals surface area contributed by atoms with Gasteiger partial charge in [-0.15, -0.1) is 0 Å². The number of aromatic nitrogens is 2. The second-order valence-corrected chi connectivity index (χ2v) is 4.76. The van der Waals surface area contributed by atoms with Gasteiger partial charge in [0, 0.05) is 12.1 Å². The van der Waals surface area contributed by atoms with E-state index in [-0.39, 0.29) is 11.5 Å². The minimum Gasteiger partial charge on any atom is -0.390 e. The number of halogens is 3. The molecule has 0 bridgehead atoms. The van der Waals surface area contributed by atoms with Gasteiger partial charge in [0.15, 0.2) is 5.69 Å². The third-order valence-electron chi connectivity index (χ3n) is 3.26. The highest BCUT2D eigenvalue weighted by atomic mass is 19.4. The zero-order valence-corrected chi connectivity index (χ0v) is 11.7. The topological polar surface area (TPSA) is 38.0 Å². The third-order valence-corrected chi connectivity index (χ3v) is 3.26. The Kier molecular flexibility index (Phi) is 4.67. The van der Waals surface area contributed by atoms with Crippen molar-refractivity contribution in [3.8, 4) is 11.4 Å². The van der Waals surface area contributed by atoms with Gasteiger partial charge in [-0.1, -0.05) is 43.7 Å². The summed E-state index contributed by atoms with van der Waals surface area (Å²) < 4.78 is 40.7. The predicted octanol–water partition coefficient (Wildman–Crippen LogP) is 3.86. The van der Waals surface area contributed by atoms with Gasteiger partial charge in [0.25, 0.3) is 0 Å². The van der Waals surface area contributed by atoms with Crippen LogP contribution in [0, 0.1) is 0 Å². The second kappa shape index (κ2) is 6.30. The lowest BCUT2D eigenvalue weighted by atomic mass is 10.2. The molecule has 2 rings (SSSR count). The number of imidazole rings is 1. The van der Waals surface area contributed by atoms with Crippen LogP contribution in [0.1, 0.15) is 31.2 Å². The molecule has 3 nitrogen and oxygen atoms in total. The van der Waals surface area contributed by atoms with Gasteiger partial charge in [0.05, 0.1) is 12.3 Å². The van der Waals surface area contributed by atoms with Gasteiger partial charge < -0.3 is 9.67 Å². The number of nitrogens with zero attached hydrogens (tertiary/aromatic N) is 2. The quantitative estimate of drug-likeness (QED) is 0.910. The minimum absolute atomic E-state index is 0.171. The van der Waals surface area contributed by atoms with Crippen molar-refractivity contribution < 1.29 is 18.3 Å². The smallest absolute Gasteiger partial charge is 0.390 e. The van der Waals surface area contributed by atoms with E-state index in [2.05, 4.69) is 4.98 Å². The third kappa shape index (κ3) is 3.26. The van der Waals surface area contributed by atoms with E-state index < -0.39 is 18.5 Å². The first-order valence-electron chi connectivity index (χ1n) is 6.82. The van der Waals surface area contributed by atoms with Crippen LogP contribution in [0.5, 0.6) is 0 Å². The summed E-state index contributed by atoms with van der Waals surface area (Å²) in [4.78, 5) is 3.75. The van der Waals surface area contributed by atoms with Gasteiger partial charge in [-0.3, -0.25) is 0 Å². The highest BCUT2D eigenvalue weighted by molar-refractivity contribution is 5.57. The number of aliphatic hydroxyl groups is 1. The van der Waals surface area contributed by atoms with E-state index in [1.165, 1.54) is 4.57 Å². The standard InChI is InChI=1S/C15H17F3N2O/c1-2-3-9-20-12(10-21)13(15(16,17)18)19-14(20)11-7-5-4-6-8-11/h4-8,21H,2-3,9-10H2,1H3. The van der Waals surface area contributed by atoms with Crippen molar-refractivity contribution in [2.75, 3.05) is 0 Å². The number of hydrogen-bond donors (Lipinski definition) is 1. The molecule has 0 unspecified atom stereocenters. The van der Waals surface area contributed by atoms with E-state index in [0.29, 0.717) is 12.1 Å². The molecule has 2 aromatic rings. The Morgan fingerprint density at radius 3 is 2.38 bits per heavy atom.